The third-order valence-corrected chi connectivity index (χ3v) is 6.15. The van der Waals surface area contributed by atoms with Gasteiger partial charge in [-0.2, -0.15) is 0 Å². The van der Waals surface area contributed by atoms with Gasteiger partial charge in [-0.15, -0.1) is 0 Å². The topological polar surface area (TPSA) is 91.1 Å². The predicted molar refractivity (Wildman–Crippen MR) is 109 cm³/mol. The zero-order chi connectivity index (χ0) is 21.5. The molecule has 2 aromatic rings. The highest BCUT2D eigenvalue weighted by molar-refractivity contribution is 6.04. The fraction of sp³-hybridized carbons (Fsp3) is 0.524. The van der Waals surface area contributed by atoms with Gasteiger partial charge in [-0.25, -0.2) is 4.39 Å². The zero-order valence-corrected chi connectivity index (χ0v) is 17.4. The molecule has 3 heterocycles. The molecular formula is C21H27FN4O4. The summed E-state index contributed by atoms with van der Waals surface area (Å²) >= 11 is 0. The molecule has 0 unspecified atom stereocenters. The van der Waals surface area contributed by atoms with Gasteiger partial charge < -0.3 is 29.5 Å². The average molecular weight is 418 g/mol. The van der Waals surface area contributed by atoms with Crippen molar-refractivity contribution in [2.75, 3.05) is 52.3 Å². The molecule has 2 N–H and O–H groups in total. The number of carbonyl (C=O) groups excluding carboxylic acids is 1. The molecule has 9 heteroatoms. The molecule has 8 nitrogen and oxygen atoms in total. The Morgan fingerprint density at radius 1 is 1.43 bits per heavy atom. The first-order valence-corrected chi connectivity index (χ1v) is 10.1. The number of ether oxygens (including phenoxy) is 1. The Labute approximate surface area is 174 Å². The molecule has 2 aliphatic heterocycles. The second-order valence-corrected chi connectivity index (χ2v) is 8.21. The minimum atomic E-state index is -0.728. The van der Waals surface area contributed by atoms with Crippen molar-refractivity contribution in [1.82, 2.24) is 15.4 Å². The zero-order valence-electron chi connectivity index (χ0n) is 17.4. The van der Waals surface area contributed by atoms with Gasteiger partial charge in [-0.05, 0) is 37.6 Å². The van der Waals surface area contributed by atoms with Crippen molar-refractivity contribution in [3.63, 3.8) is 0 Å². The number of methoxy groups -OCH3 is 1. The summed E-state index contributed by atoms with van der Waals surface area (Å²) in [6.45, 7) is 2.36. The Morgan fingerprint density at radius 3 is 2.97 bits per heavy atom. The van der Waals surface area contributed by atoms with E-state index in [0.717, 1.165) is 6.54 Å². The van der Waals surface area contributed by atoms with E-state index in [0.29, 0.717) is 49.4 Å². The number of halogens is 1. The number of hydrogen-bond donors (Lipinski definition) is 2. The van der Waals surface area contributed by atoms with Crippen LogP contribution >= 0.6 is 0 Å². The van der Waals surface area contributed by atoms with Crippen molar-refractivity contribution in [2.24, 2.45) is 5.92 Å². The molecule has 1 aromatic heterocycles. The van der Waals surface area contributed by atoms with Crippen molar-refractivity contribution in [3.05, 3.63) is 29.6 Å². The standard InChI is InChI=1S/C21H27FN4O4/c1-25(2)19-17(18(30-24-19)13-4-5-15(22)16(10-13)29-3)20(27)26-9-7-21(28)6-8-23-11-14(21)12-26/h4-5,10,14,23,28H,6-9,11-12H2,1-3H3/t14-,21-/m0/s1. The van der Waals surface area contributed by atoms with E-state index in [2.05, 4.69) is 10.5 Å². The third-order valence-electron chi connectivity index (χ3n) is 6.15. The van der Waals surface area contributed by atoms with Gasteiger partial charge in [0.1, 0.15) is 5.56 Å². The van der Waals surface area contributed by atoms with Crippen LogP contribution in [0.4, 0.5) is 10.2 Å². The first-order chi connectivity index (χ1) is 14.3. The minimum absolute atomic E-state index is 0.0269. The number of rotatable bonds is 4. The molecule has 162 valence electrons. The van der Waals surface area contributed by atoms with Crippen molar-refractivity contribution >= 4 is 11.7 Å². The van der Waals surface area contributed by atoms with Crippen molar-refractivity contribution in [2.45, 2.75) is 18.4 Å². The molecular weight excluding hydrogens is 391 g/mol. The fourth-order valence-corrected chi connectivity index (χ4v) is 4.35. The van der Waals surface area contributed by atoms with Gasteiger partial charge >= 0.3 is 0 Å². The van der Waals surface area contributed by atoms with Gasteiger partial charge in [0, 0.05) is 45.2 Å². The van der Waals surface area contributed by atoms with Gasteiger partial charge in [0.05, 0.1) is 12.7 Å². The number of amides is 1. The molecule has 0 aliphatic carbocycles. The second kappa shape index (κ2) is 7.88. The van der Waals surface area contributed by atoms with Crippen LogP contribution in [0, 0.1) is 11.7 Å². The van der Waals surface area contributed by atoms with Crippen LogP contribution in [0.5, 0.6) is 5.75 Å². The van der Waals surface area contributed by atoms with Crippen LogP contribution in [-0.4, -0.2) is 74.1 Å². The van der Waals surface area contributed by atoms with Crippen molar-refractivity contribution < 1.29 is 23.6 Å². The summed E-state index contributed by atoms with van der Waals surface area (Å²) < 4.78 is 24.5. The number of aliphatic hydroxyl groups is 1. The lowest BCUT2D eigenvalue weighted by molar-refractivity contribution is -0.0817. The van der Waals surface area contributed by atoms with Gasteiger partial charge in [0.2, 0.25) is 0 Å². The van der Waals surface area contributed by atoms with Crippen LogP contribution in [0.3, 0.4) is 0 Å². The quantitative estimate of drug-likeness (QED) is 0.782. The number of anilines is 1. The molecule has 0 saturated carbocycles. The van der Waals surface area contributed by atoms with Crippen LogP contribution < -0.4 is 15.0 Å². The molecule has 4 rings (SSSR count). The molecule has 0 spiro atoms. The molecule has 2 saturated heterocycles. The van der Waals surface area contributed by atoms with E-state index in [9.17, 15) is 14.3 Å². The number of carbonyl (C=O) groups is 1. The van der Waals surface area contributed by atoms with E-state index in [4.69, 9.17) is 9.26 Å². The number of likely N-dealkylation sites (tertiary alicyclic amines) is 1. The van der Waals surface area contributed by atoms with Gasteiger partial charge in [0.15, 0.2) is 23.1 Å². The summed E-state index contributed by atoms with van der Waals surface area (Å²) in [6, 6.07) is 4.30. The maximum atomic E-state index is 13.9. The molecule has 0 bridgehead atoms. The lowest BCUT2D eigenvalue weighted by Gasteiger charge is -2.47. The van der Waals surface area contributed by atoms with E-state index in [1.807, 2.05) is 0 Å². The van der Waals surface area contributed by atoms with Crippen LogP contribution in [-0.2, 0) is 0 Å². The largest absolute Gasteiger partial charge is 0.494 e. The molecule has 0 radical (unpaired) electrons. The summed E-state index contributed by atoms with van der Waals surface area (Å²) in [7, 11) is 4.94. The molecule has 2 aliphatic rings. The summed E-state index contributed by atoms with van der Waals surface area (Å²) in [4.78, 5) is 17.0. The minimum Gasteiger partial charge on any atom is -0.494 e. The Balaban J connectivity index is 1.69. The summed E-state index contributed by atoms with van der Waals surface area (Å²) in [5, 5.41) is 18.3. The van der Waals surface area contributed by atoms with Gasteiger partial charge in [-0.1, -0.05) is 5.16 Å². The number of nitrogens with zero attached hydrogens (tertiary/aromatic N) is 3. The molecule has 1 amide bonds. The number of nitrogens with one attached hydrogen (secondary N) is 1. The number of piperidine rings is 2. The maximum absolute atomic E-state index is 13.9. The number of hydrogen-bond acceptors (Lipinski definition) is 7. The Hall–Kier alpha value is -2.65. The predicted octanol–water partition coefficient (Wildman–Crippen LogP) is 1.74. The monoisotopic (exact) mass is 418 g/mol. The maximum Gasteiger partial charge on any atom is 0.261 e. The first kappa shape index (κ1) is 20.6. The lowest BCUT2D eigenvalue weighted by atomic mass is 9.76. The van der Waals surface area contributed by atoms with E-state index >= 15 is 0 Å². The summed E-state index contributed by atoms with van der Waals surface area (Å²) in [5.74, 6) is -0.0102. The summed E-state index contributed by atoms with van der Waals surface area (Å²) in [5.41, 5.74) is 0.0988. The number of fused-ring (bicyclic) bond motifs is 1. The highest BCUT2D eigenvalue weighted by atomic mass is 19.1. The van der Waals surface area contributed by atoms with Crippen molar-refractivity contribution in [3.8, 4) is 17.1 Å². The Morgan fingerprint density at radius 2 is 2.23 bits per heavy atom. The average Bonchev–Trinajstić information content (AvgIpc) is 3.18. The summed E-state index contributed by atoms with van der Waals surface area (Å²) in [6.07, 6.45) is 1.23. The first-order valence-electron chi connectivity index (χ1n) is 10.1. The van der Waals surface area contributed by atoms with E-state index in [-0.39, 0.29) is 23.3 Å². The molecule has 1 aromatic carbocycles. The molecule has 30 heavy (non-hydrogen) atoms. The van der Waals surface area contributed by atoms with Crippen LogP contribution in [0.15, 0.2) is 22.7 Å². The van der Waals surface area contributed by atoms with E-state index in [1.165, 1.54) is 25.3 Å². The van der Waals surface area contributed by atoms with E-state index < -0.39 is 11.4 Å². The smallest absolute Gasteiger partial charge is 0.261 e. The highest BCUT2D eigenvalue weighted by Crippen LogP contribution is 2.37. The highest BCUT2D eigenvalue weighted by Gasteiger charge is 2.45. The third kappa shape index (κ3) is 3.52. The van der Waals surface area contributed by atoms with E-state index in [1.54, 1.807) is 23.9 Å². The Kier molecular flexibility index (Phi) is 5.42. The van der Waals surface area contributed by atoms with Gasteiger partial charge in [0.25, 0.3) is 5.91 Å². The fourth-order valence-electron chi connectivity index (χ4n) is 4.35. The Bertz CT molecular complexity index is 947. The lowest BCUT2D eigenvalue weighted by Crippen LogP contribution is -2.59. The van der Waals surface area contributed by atoms with Crippen LogP contribution in [0.25, 0.3) is 11.3 Å². The molecule has 2 atom stereocenters. The number of benzene rings is 1. The SMILES string of the molecule is COc1cc(-c2onc(N(C)C)c2C(=O)N2CC[C@@]3(O)CCNC[C@H]3C2)ccc1F. The second-order valence-electron chi connectivity index (χ2n) is 8.21. The van der Waals surface area contributed by atoms with Gasteiger partial charge in [-0.3, -0.25) is 4.79 Å². The van der Waals surface area contributed by atoms with Crippen molar-refractivity contribution in [1.29, 1.82) is 0 Å². The van der Waals surface area contributed by atoms with Crippen LogP contribution in [0.2, 0.25) is 0 Å². The molecule has 2 fully saturated rings. The van der Waals surface area contributed by atoms with Crippen LogP contribution in [0.1, 0.15) is 23.2 Å². The number of aromatic nitrogens is 1. The normalized spacial score (nSPS) is 23.8.